The summed E-state index contributed by atoms with van der Waals surface area (Å²) in [5, 5.41) is 7.09. The first-order chi connectivity index (χ1) is 12.3. The molecule has 0 aromatic carbocycles. The third-order valence-electron chi connectivity index (χ3n) is 4.11. The average molecular weight is 486 g/mol. The monoisotopic (exact) mass is 486 g/mol. The summed E-state index contributed by atoms with van der Waals surface area (Å²) >= 11 is 3.48. The molecule has 2 aromatic rings. The molecule has 2 aromatic heterocycles. The first-order valence-corrected chi connectivity index (χ1v) is 9.95. The van der Waals surface area contributed by atoms with Crippen LogP contribution in [0.25, 0.3) is 0 Å². The number of hydrogen-bond donors (Lipinski definition) is 4. The predicted molar refractivity (Wildman–Crippen MR) is 110 cm³/mol. The maximum atomic E-state index is 11.7. The SMILES string of the molecule is Cc1nsc(Nc2cc(N[C@H](CC3CC3)C(N)=O)cnc2C(N)=O)c1I. The van der Waals surface area contributed by atoms with Crippen LogP contribution in [0.15, 0.2) is 12.3 Å². The van der Waals surface area contributed by atoms with Gasteiger partial charge < -0.3 is 22.1 Å². The summed E-state index contributed by atoms with van der Waals surface area (Å²) < 4.78 is 5.24. The highest BCUT2D eigenvalue weighted by Crippen LogP contribution is 2.35. The van der Waals surface area contributed by atoms with Gasteiger partial charge in [-0.05, 0) is 59.5 Å². The van der Waals surface area contributed by atoms with Crippen LogP contribution in [-0.2, 0) is 4.79 Å². The second-order valence-electron chi connectivity index (χ2n) is 6.30. The van der Waals surface area contributed by atoms with Gasteiger partial charge in [0, 0.05) is 0 Å². The van der Waals surface area contributed by atoms with Crippen molar-refractivity contribution in [3.05, 3.63) is 27.2 Å². The molecule has 0 aliphatic heterocycles. The Labute approximate surface area is 168 Å². The number of aryl methyl sites for hydroxylation is 1. The molecule has 0 bridgehead atoms. The van der Waals surface area contributed by atoms with Crippen LogP contribution in [0.5, 0.6) is 0 Å². The molecule has 1 aliphatic rings. The number of nitrogens with zero attached hydrogens (tertiary/aromatic N) is 2. The lowest BCUT2D eigenvalue weighted by atomic mass is 10.1. The molecule has 10 heteroatoms. The Morgan fingerprint density at radius 2 is 2.15 bits per heavy atom. The Morgan fingerprint density at radius 1 is 1.42 bits per heavy atom. The van der Waals surface area contributed by atoms with Gasteiger partial charge >= 0.3 is 0 Å². The van der Waals surface area contributed by atoms with Gasteiger partial charge in [-0.1, -0.05) is 12.8 Å². The molecule has 1 aliphatic carbocycles. The van der Waals surface area contributed by atoms with Crippen LogP contribution in [0.3, 0.4) is 0 Å². The molecule has 1 saturated carbocycles. The molecule has 138 valence electrons. The Morgan fingerprint density at radius 3 is 2.69 bits per heavy atom. The lowest BCUT2D eigenvalue weighted by Gasteiger charge is -2.17. The Balaban J connectivity index is 1.86. The topological polar surface area (TPSA) is 136 Å². The van der Waals surface area contributed by atoms with Gasteiger partial charge in [-0.25, -0.2) is 4.98 Å². The first-order valence-electron chi connectivity index (χ1n) is 8.09. The summed E-state index contributed by atoms with van der Waals surface area (Å²) in [7, 11) is 0. The molecular weight excluding hydrogens is 467 g/mol. The Bertz CT molecular complexity index is 851. The highest BCUT2D eigenvalue weighted by molar-refractivity contribution is 14.1. The number of hydrogen-bond acceptors (Lipinski definition) is 7. The van der Waals surface area contributed by atoms with Gasteiger partial charge in [0.05, 0.1) is 26.8 Å². The number of anilines is 3. The Kier molecular flexibility index (Phi) is 5.61. The number of carbonyl (C=O) groups is 2. The minimum absolute atomic E-state index is 0.121. The van der Waals surface area contributed by atoms with Crippen molar-refractivity contribution in [2.45, 2.75) is 32.2 Å². The van der Waals surface area contributed by atoms with Gasteiger partial charge in [-0.15, -0.1) is 0 Å². The number of primary amides is 2. The number of amides is 2. The smallest absolute Gasteiger partial charge is 0.269 e. The molecule has 8 nitrogen and oxygen atoms in total. The zero-order valence-corrected chi connectivity index (χ0v) is 17.1. The molecule has 26 heavy (non-hydrogen) atoms. The van der Waals surface area contributed by atoms with Gasteiger partial charge in [-0.3, -0.25) is 9.59 Å². The number of pyridine rings is 1. The second-order valence-corrected chi connectivity index (χ2v) is 8.15. The summed E-state index contributed by atoms with van der Waals surface area (Å²) in [5.74, 6) is -0.505. The summed E-state index contributed by atoms with van der Waals surface area (Å²) in [6.07, 6.45) is 4.43. The number of aromatic nitrogens is 2. The van der Waals surface area contributed by atoms with Crippen molar-refractivity contribution in [2.75, 3.05) is 10.6 Å². The van der Waals surface area contributed by atoms with E-state index in [-0.39, 0.29) is 5.69 Å². The van der Waals surface area contributed by atoms with E-state index in [1.54, 1.807) is 6.07 Å². The van der Waals surface area contributed by atoms with Gasteiger partial charge in [0.25, 0.3) is 5.91 Å². The minimum Gasteiger partial charge on any atom is -0.372 e. The van der Waals surface area contributed by atoms with E-state index >= 15 is 0 Å². The van der Waals surface area contributed by atoms with Crippen molar-refractivity contribution in [3.8, 4) is 0 Å². The lowest BCUT2D eigenvalue weighted by molar-refractivity contribution is -0.118. The van der Waals surface area contributed by atoms with E-state index in [4.69, 9.17) is 11.5 Å². The third-order valence-corrected chi connectivity index (χ3v) is 6.65. The molecule has 0 radical (unpaired) electrons. The first kappa shape index (κ1) is 18.8. The maximum absolute atomic E-state index is 11.7. The molecular formula is C16H19IN6O2S. The standard InChI is InChI=1S/C16H19IN6O2S/c1-7-12(17)16(26-23-7)22-10-5-9(6-20-13(10)15(19)25)21-11(14(18)24)4-8-2-3-8/h5-6,8,11,21-22H,2-4H2,1H3,(H2,18,24)(H2,19,25)/t11-/m1/s1. The van der Waals surface area contributed by atoms with Gasteiger partial charge in [-0.2, -0.15) is 4.37 Å². The van der Waals surface area contributed by atoms with E-state index in [0.29, 0.717) is 23.7 Å². The fraction of sp³-hybridized carbons (Fsp3) is 0.375. The largest absolute Gasteiger partial charge is 0.372 e. The number of rotatable bonds is 8. The van der Waals surface area contributed by atoms with Crippen molar-refractivity contribution < 1.29 is 9.59 Å². The number of halogens is 1. The minimum atomic E-state index is -0.639. The predicted octanol–water partition coefficient (Wildman–Crippen LogP) is 2.36. The second kappa shape index (κ2) is 7.74. The van der Waals surface area contributed by atoms with Crippen molar-refractivity contribution in [3.63, 3.8) is 0 Å². The van der Waals surface area contributed by atoms with E-state index in [1.807, 2.05) is 6.92 Å². The van der Waals surface area contributed by atoms with Crippen LogP contribution in [0.4, 0.5) is 16.4 Å². The maximum Gasteiger partial charge on any atom is 0.269 e. The van der Waals surface area contributed by atoms with E-state index in [0.717, 1.165) is 27.1 Å². The molecule has 1 atom stereocenters. The van der Waals surface area contributed by atoms with Crippen LogP contribution in [0.1, 0.15) is 35.4 Å². The van der Waals surface area contributed by atoms with Crippen LogP contribution in [-0.4, -0.2) is 27.2 Å². The zero-order chi connectivity index (χ0) is 18.8. The number of nitrogens with one attached hydrogen (secondary N) is 2. The normalized spacial score (nSPS) is 14.7. The van der Waals surface area contributed by atoms with Crippen LogP contribution in [0.2, 0.25) is 0 Å². The highest BCUT2D eigenvalue weighted by atomic mass is 127. The van der Waals surface area contributed by atoms with E-state index in [9.17, 15) is 9.59 Å². The summed E-state index contributed by atoms with van der Waals surface area (Å²) in [6, 6.07) is 1.24. The van der Waals surface area contributed by atoms with Crippen molar-refractivity contribution in [1.82, 2.24) is 9.36 Å². The van der Waals surface area contributed by atoms with Crippen LogP contribution < -0.4 is 22.1 Å². The van der Waals surface area contributed by atoms with Gasteiger partial charge in [0.1, 0.15) is 11.0 Å². The summed E-state index contributed by atoms with van der Waals surface area (Å²) in [5.41, 5.74) is 13.0. The molecule has 2 amide bonds. The third kappa shape index (κ3) is 4.41. The van der Waals surface area contributed by atoms with Gasteiger partial charge in [0.2, 0.25) is 5.91 Å². The van der Waals surface area contributed by atoms with Crippen LogP contribution in [0, 0.1) is 16.4 Å². The molecule has 1 fully saturated rings. The molecule has 6 N–H and O–H groups in total. The fourth-order valence-electron chi connectivity index (χ4n) is 2.53. The van der Waals surface area contributed by atoms with E-state index in [1.165, 1.54) is 17.7 Å². The average Bonchev–Trinajstić information content (AvgIpc) is 3.35. The highest BCUT2D eigenvalue weighted by Gasteiger charge is 2.28. The molecule has 0 spiro atoms. The molecule has 3 rings (SSSR count). The number of nitrogens with two attached hydrogens (primary N) is 2. The van der Waals surface area contributed by atoms with Gasteiger partial charge in [0.15, 0.2) is 5.69 Å². The van der Waals surface area contributed by atoms with E-state index < -0.39 is 17.9 Å². The quantitative estimate of drug-likeness (QED) is 0.423. The van der Waals surface area contributed by atoms with E-state index in [2.05, 4.69) is 42.6 Å². The molecule has 0 unspecified atom stereocenters. The lowest BCUT2D eigenvalue weighted by Crippen LogP contribution is -2.36. The zero-order valence-electron chi connectivity index (χ0n) is 14.1. The molecule has 2 heterocycles. The molecule has 0 saturated heterocycles. The van der Waals surface area contributed by atoms with Crippen molar-refractivity contribution in [1.29, 1.82) is 0 Å². The summed E-state index contributed by atoms with van der Waals surface area (Å²) in [4.78, 5) is 27.6. The Hall–Kier alpha value is -1.95. The van der Waals surface area contributed by atoms with Crippen molar-refractivity contribution in [2.24, 2.45) is 17.4 Å². The van der Waals surface area contributed by atoms with Crippen molar-refractivity contribution >= 4 is 62.3 Å². The fourth-order valence-corrected chi connectivity index (χ4v) is 3.95. The summed E-state index contributed by atoms with van der Waals surface area (Å²) in [6.45, 7) is 1.91. The number of carbonyl (C=O) groups excluding carboxylic acids is 2. The van der Waals surface area contributed by atoms with Crippen LogP contribution >= 0.6 is 34.1 Å².